The lowest BCUT2D eigenvalue weighted by atomic mass is 10.4. The van der Waals surface area contributed by atoms with E-state index in [1.165, 1.54) is 0 Å². The monoisotopic (exact) mass is 303 g/mol. The highest BCUT2D eigenvalue weighted by Crippen LogP contribution is 2.17. The predicted octanol–water partition coefficient (Wildman–Crippen LogP) is 1.07. The summed E-state index contributed by atoms with van der Waals surface area (Å²) in [5, 5.41) is 17.5. The molecule has 0 amide bonds. The maximum Gasteiger partial charge on any atom is 0.313 e. The molecule has 7 nitrogen and oxygen atoms in total. The van der Waals surface area contributed by atoms with Crippen molar-refractivity contribution in [2.24, 2.45) is 0 Å². The first kappa shape index (κ1) is 16.9. The molecule has 0 aliphatic heterocycles. The van der Waals surface area contributed by atoms with Gasteiger partial charge in [0.15, 0.2) is 5.16 Å². The maximum absolute atomic E-state index is 10.6. The minimum atomic E-state index is -0.871. The molecular formula is C12H21N3O4S. The molecule has 1 rings (SSSR count). The van der Waals surface area contributed by atoms with Crippen LogP contribution in [0.2, 0.25) is 0 Å². The van der Waals surface area contributed by atoms with Gasteiger partial charge in [-0.1, -0.05) is 18.7 Å². The topological polar surface area (TPSA) is 86.5 Å². The van der Waals surface area contributed by atoms with Crippen LogP contribution < -0.4 is 0 Å². The SMILES string of the molecule is CCCOCCc1nnc(SCC(=O)O)n1CCOC. The second kappa shape index (κ2) is 9.73. The molecule has 114 valence electrons. The molecule has 8 heteroatoms. The number of ether oxygens (including phenoxy) is 2. The number of hydrogen-bond acceptors (Lipinski definition) is 6. The fourth-order valence-corrected chi connectivity index (χ4v) is 2.26. The van der Waals surface area contributed by atoms with Crippen LogP contribution in [0.3, 0.4) is 0 Å². The van der Waals surface area contributed by atoms with Crippen molar-refractivity contribution < 1.29 is 19.4 Å². The Morgan fingerprint density at radius 1 is 1.35 bits per heavy atom. The zero-order valence-corrected chi connectivity index (χ0v) is 12.7. The van der Waals surface area contributed by atoms with Crippen LogP contribution in [-0.2, 0) is 27.2 Å². The lowest BCUT2D eigenvalue weighted by Gasteiger charge is -2.09. The minimum Gasteiger partial charge on any atom is -0.481 e. The Bertz CT molecular complexity index is 411. The zero-order valence-electron chi connectivity index (χ0n) is 11.9. The van der Waals surface area contributed by atoms with E-state index in [1.54, 1.807) is 7.11 Å². The second-order valence-electron chi connectivity index (χ2n) is 4.09. The van der Waals surface area contributed by atoms with Gasteiger partial charge in [-0.3, -0.25) is 4.79 Å². The molecule has 0 aliphatic carbocycles. The highest BCUT2D eigenvalue weighted by atomic mass is 32.2. The fourth-order valence-electron chi connectivity index (χ4n) is 1.55. The summed E-state index contributed by atoms with van der Waals surface area (Å²) in [5.74, 6) is -0.104. The summed E-state index contributed by atoms with van der Waals surface area (Å²) in [7, 11) is 1.62. The summed E-state index contributed by atoms with van der Waals surface area (Å²) in [6, 6.07) is 0. The summed E-state index contributed by atoms with van der Waals surface area (Å²) in [6.45, 7) is 4.51. The molecule has 0 unspecified atom stereocenters. The van der Waals surface area contributed by atoms with Gasteiger partial charge < -0.3 is 19.1 Å². The van der Waals surface area contributed by atoms with Gasteiger partial charge in [0.05, 0.1) is 19.0 Å². The predicted molar refractivity (Wildman–Crippen MR) is 75.1 cm³/mol. The van der Waals surface area contributed by atoms with Crippen LogP contribution in [0.15, 0.2) is 5.16 Å². The number of carboxylic acid groups (broad SMARTS) is 1. The van der Waals surface area contributed by atoms with Gasteiger partial charge in [-0.25, -0.2) is 0 Å². The van der Waals surface area contributed by atoms with Crippen molar-refractivity contribution in [3.8, 4) is 0 Å². The Kier molecular flexibility index (Phi) is 8.24. The molecule has 0 aliphatic rings. The maximum atomic E-state index is 10.6. The Morgan fingerprint density at radius 2 is 2.15 bits per heavy atom. The average molecular weight is 303 g/mol. The minimum absolute atomic E-state index is 0.0303. The molecule has 1 N–H and O–H groups in total. The fraction of sp³-hybridized carbons (Fsp3) is 0.750. The lowest BCUT2D eigenvalue weighted by molar-refractivity contribution is -0.133. The number of methoxy groups -OCH3 is 1. The summed E-state index contributed by atoms with van der Waals surface area (Å²) >= 11 is 1.16. The van der Waals surface area contributed by atoms with E-state index in [0.29, 0.717) is 31.3 Å². The molecule has 0 bridgehead atoms. The number of hydrogen-bond donors (Lipinski definition) is 1. The number of aliphatic carboxylic acids is 1. The van der Waals surface area contributed by atoms with Gasteiger partial charge in [0.2, 0.25) is 0 Å². The largest absolute Gasteiger partial charge is 0.481 e. The second-order valence-corrected chi connectivity index (χ2v) is 5.03. The highest BCUT2D eigenvalue weighted by Gasteiger charge is 2.13. The third-order valence-electron chi connectivity index (χ3n) is 2.46. The van der Waals surface area contributed by atoms with E-state index < -0.39 is 5.97 Å². The Balaban J connectivity index is 2.63. The van der Waals surface area contributed by atoms with E-state index in [0.717, 1.165) is 30.6 Å². The van der Waals surface area contributed by atoms with Gasteiger partial charge in [0.1, 0.15) is 5.82 Å². The number of thioether (sulfide) groups is 1. The zero-order chi connectivity index (χ0) is 14.8. The highest BCUT2D eigenvalue weighted by molar-refractivity contribution is 7.99. The van der Waals surface area contributed by atoms with Crippen LogP contribution in [0, 0.1) is 0 Å². The van der Waals surface area contributed by atoms with Crippen LogP contribution in [0.1, 0.15) is 19.2 Å². The molecule has 0 radical (unpaired) electrons. The third kappa shape index (κ3) is 5.89. The molecule has 0 saturated heterocycles. The average Bonchev–Trinajstić information content (AvgIpc) is 2.81. The van der Waals surface area contributed by atoms with Gasteiger partial charge in [-0.2, -0.15) is 0 Å². The van der Waals surface area contributed by atoms with E-state index in [2.05, 4.69) is 17.1 Å². The first-order valence-electron chi connectivity index (χ1n) is 6.52. The molecule has 0 spiro atoms. The van der Waals surface area contributed by atoms with Gasteiger partial charge in [-0.15, -0.1) is 10.2 Å². The Labute approximate surface area is 122 Å². The van der Waals surface area contributed by atoms with E-state index in [-0.39, 0.29) is 5.75 Å². The molecule has 20 heavy (non-hydrogen) atoms. The first-order valence-corrected chi connectivity index (χ1v) is 7.51. The van der Waals surface area contributed by atoms with Crippen LogP contribution in [-0.4, -0.2) is 58.5 Å². The number of nitrogens with zero attached hydrogens (tertiary/aromatic N) is 3. The third-order valence-corrected chi connectivity index (χ3v) is 3.41. The van der Waals surface area contributed by atoms with Crippen LogP contribution >= 0.6 is 11.8 Å². The number of carbonyl (C=O) groups is 1. The number of carboxylic acids is 1. The smallest absolute Gasteiger partial charge is 0.313 e. The van der Waals surface area contributed by atoms with Crippen molar-refractivity contribution in [1.29, 1.82) is 0 Å². The Hall–Kier alpha value is -1.12. The molecule has 0 saturated carbocycles. The van der Waals surface area contributed by atoms with E-state index >= 15 is 0 Å². The first-order chi connectivity index (χ1) is 9.69. The molecular weight excluding hydrogens is 282 g/mol. The van der Waals surface area contributed by atoms with Gasteiger partial charge in [-0.05, 0) is 6.42 Å². The van der Waals surface area contributed by atoms with E-state index in [9.17, 15) is 4.79 Å². The molecule has 0 fully saturated rings. The van der Waals surface area contributed by atoms with E-state index in [4.69, 9.17) is 14.6 Å². The summed E-state index contributed by atoms with van der Waals surface area (Å²) < 4.78 is 12.4. The molecule has 1 heterocycles. The normalized spacial score (nSPS) is 10.9. The van der Waals surface area contributed by atoms with Crippen molar-refractivity contribution in [3.63, 3.8) is 0 Å². The van der Waals surface area contributed by atoms with E-state index in [1.807, 2.05) is 4.57 Å². The van der Waals surface area contributed by atoms with Crippen LogP contribution in [0.4, 0.5) is 0 Å². The van der Waals surface area contributed by atoms with Crippen molar-refractivity contribution in [3.05, 3.63) is 5.82 Å². The standard InChI is InChI=1S/C12H21N3O4S/c1-3-6-19-7-4-10-13-14-12(20-9-11(16)17)15(10)5-8-18-2/h3-9H2,1-2H3,(H,16,17). The Morgan fingerprint density at radius 3 is 2.80 bits per heavy atom. The van der Waals surface area contributed by atoms with Gasteiger partial charge >= 0.3 is 5.97 Å². The summed E-state index contributed by atoms with van der Waals surface area (Å²) in [6.07, 6.45) is 1.64. The summed E-state index contributed by atoms with van der Waals surface area (Å²) in [5.41, 5.74) is 0. The number of aromatic nitrogens is 3. The van der Waals surface area contributed by atoms with Crippen LogP contribution in [0.25, 0.3) is 0 Å². The molecule has 0 aromatic carbocycles. The van der Waals surface area contributed by atoms with Crippen molar-refractivity contribution in [1.82, 2.24) is 14.8 Å². The molecule has 1 aromatic heterocycles. The molecule has 0 atom stereocenters. The summed E-state index contributed by atoms with van der Waals surface area (Å²) in [4.78, 5) is 10.6. The van der Waals surface area contributed by atoms with Crippen molar-refractivity contribution in [2.45, 2.75) is 31.5 Å². The van der Waals surface area contributed by atoms with Gasteiger partial charge in [0, 0.05) is 26.7 Å². The molecule has 1 aromatic rings. The lowest BCUT2D eigenvalue weighted by Crippen LogP contribution is -2.12. The van der Waals surface area contributed by atoms with Crippen LogP contribution in [0.5, 0.6) is 0 Å². The quantitative estimate of drug-likeness (QED) is 0.483. The van der Waals surface area contributed by atoms with Crippen molar-refractivity contribution in [2.75, 3.05) is 32.7 Å². The number of rotatable bonds is 11. The van der Waals surface area contributed by atoms with Gasteiger partial charge in [0.25, 0.3) is 0 Å². The van der Waals surface area contributed by atoms with Crippen molar-refractivity contribution >= 4 is 17.7 Å².